The van der Waals surface area contributed by atoms with Gasteiger partial charge in [0.2, 0.25) is 5.91 Å². The van der Waals surface area contributed by atoms with E-state index in [9.17, 15) is 9.18 Å². The fourth-order valence-corrected chi connectivity index (χ4v) is 2.57. The van der Waals surface area contributed by atoms with Crippen LogP contribution >= 0.6 is 12.4 Å². The first-order valence-corrected chi connectivity index (χ1v) is 7.32. The molecule has 1 aromatic rings. The molecule has 5 heteroatoms. The molecular weight excluding hydrogens is 291 g/mol. The highest BCUT2D eigenvalue weighted by Crippen LogP contribution is 2.18. The zero-order valence-corrected chi connectivity index (χ0v) is 13.4. The van der Waals surface area contributed by atoms with Crippen LogP contribution in [0.5, 0.6) is 0 Å². The third-order valence-electron chi connectivity index (χ3n) is 4.02. The molecule has 2 atom stereocenters. The van der Waals surface area contributed by atoms with E-state index in [2.05, 4.69) is 10.6 Å². The smallest absolute Gasteiger partial charge is 0.220 e. The SMILES string of the molecule is Cc1ccc(C(C)NC(=O)CCC2CCNC2)cc1F.Cl. The van der Waals surface area contributed by atoms with Gasteiger partial charge in [-0.15, -0.1) is 12.4 Å². The molecule has 0 spiro atoms. The number of benzene rings is 1. The highest BCUT2D eigenvalue weighted by atomic mass is 35.5. The van der Waals surface area contributed by atoms with Crippen molar-refractivity contribution in [3.63, 3.8) is 0 Å². The average molecular weight is 315 g/mol. The van der Waals surface area contributed by atoms with E-state index in [1.165, 1.54) is 6.07 Å². The van der Waals surface area contributed by atoms with E-state index in [-0.39, 0.29) is 30.2 Å². The van der Waals surface area contributed by atoms with Gasteiger partial charge in [0.25, 0.3) is 0 Å². The van der Waals surface area contributed by atoms with Crippen molar-refractivity contribution < 1.29 is 9.18 Å². The number of amides is 1. The number of halogens is 2. The highest BCUT2D eigenvalue weighted by molar-refractivity contribution is 5.85. The van der Waals surface area contributed by atoms with Crippen LogP contribution in [0.1, 0.15) is 43.4 Å². The second kappa shape index (κ2) is 8.35. The first kappa shape index (κ1) is 17.9. The molecule has 2 N–H and O–H groups in total. The molecule has 0 saturated carbocycles. The van der Waals surface area contributed by atoms with Gasteiger partial charge in [0.05, 0.1) is 6.04 Å². The Hall–Kier alpha value is -1.13. The molecule has 3 nitrogen and oxygen atoms in total. The van der Waals surface area contributed by atoms with E-state index in [0.29, 0.717) is 17.9 Å². The van der Waals surface area contributed by atoms with Gasteiger partial charge in [0.1, 0.15) is 5.82 Å². The fourth-order valence-electron chi connectivity index (χ4n) is 2.57. The summed E-state index contributed by atoms with van der Waals surface area (Å²) in [5.74, 6) is 0.443. The summed E-state index contributed by atoms with van der Waals surface area (Å²) in [5.41, 5.74) is 1.44. The summed E-state index contributed by atoms with van der Waals surface area (Å²) in [6, 6.07) is 4.96. The molecule has 0 aromatic heterocycles. The molecule has 1 saturated heterocycles. The van der Waals surface area contributed by atoms with Gasteiger partial charge in [0, 0.05) is 6.42 Å². The molecule has 1 fully saturated rings. The number of hydrogen-bond acceptors (Lipinski definition) is 2. The van der Waals surface area contributed by atoms with Crippen molar-refractivity contribution in [2.24, 2.45) is 5.92 Å². The average Bonchev–Trinajstić information content (AvgIpc) is 2.92. The van der Waals surface area contributed by atoms with Gasteiger partial charge in [-0.3, -0.25) is 4.79 Å². The zero-order chi connectivity index (χ0) is 14.5. The number of carbonyl (C=O) groups excluding carboxylic acids is 1. The van der Waals surface area contributed by atoms with E-state index >= 15 is 0 Å². The Balaban J connectivity index is 0.00000220. The molecule has 1 amide bonds. The monoisotopic (exact) mass is 314 g/mol. The maximum absolute atomic E-state index is 13.5. The molecular formula is C16H24ClFN2O. The summed E-state index contributed by atoms with van der Waals surface area (Å²) in [7, 11) is 0. The number of hydrogen-bond donors (Lipinski definition) is 2. The van der Waals surface area contributed by atoms with Crippen LogP contribution in [0.15, 0.2) is 18.2 Å². The second-order valence-electron chi connectivity index (χ2n) is 5.70. The minimum Gasteiger partial charge on any atom is -0.350 e. The van der Waals surface area contributed by atoms with E-state index in [1.54, 1.807) is 13.0 Å². The summed E-state index contributed by atoms with van der Waals surface area (Å²) in [4.78, 5) is 11.9. The molecule has 0 aliphatic carbocycles. The highest BCUT2D eigenvalue weighted by Gasteiger charge is 2.17. The Labute approximate surface area is 132 Å². The third kappa shape index (κ3) is 5.29. The first-order valence-electron chi connectivity index (χ1n) is 7.32. The quantitative estimate of drug-likeness (QED) is 0.876. The van der Waals surface area contributed by atoms with Crippen LogP contribution in [0.25, 0.3) is 0 Å². The molecule has 1 aromatic carbocycles. The van der Waals surface area contributed by atoms with Crippen LogP contribution in [-0.2, 0) is 4.79 Å². The van der Waals surface area contributed by atoms with Crippen molar-refractivity contribution in [2.75, 3.05) is 13.1 Å². The van der Waals surface area contributed by atoms with Gasteiger partial charge in [-0.2, -0.15) is 0 Å². The maximum Gasteiger partial charge on any atom is 0.220 e. The van der Waals surface area contributed by atoms with E-state index in [0.717, 1.165) is 31.5 Å². The normalized spacial score (nSPS) is 18.9. The Kier molecular flexibility index (Phi) is 7.12. The second-order valence-corrected chi connectivity index (χ2v) is 5.70. The number of aryl methyl sites for hydroxylation is 1. The lowest BCUT2D eigenvalue weighted by molar-refractivity contribution is -0.122. The summed E-state index contributed by atoms with van der Waals surface area (Å²) < 4.78 is 13.5. The molecule has 21 heavy (non-hydrogen) atoms. The third-order valence-corrected chi connectivity index (χ3v) is 4.02. The lowest BCUT2D eigenvalue weighted by Crippen LogP contribution is -2.27. The molecule has 2 rings (SSSR count). The fraction of sp³-hybridized carbons (Fsp3) is 0.562. The first-order chi connectivity index (χ1) is 9.56. The minimum absolute atomic E-state index is 0. The minimum atomic E-state index is -0.222. The van der Waals surface area contributed by atoms with Gasteiger partial charge in [-0.25, -0.2) is 4.39 Å². The Morgan fingerprint density at radius 1 is 1.52 bits per heavy atom. The molecule has 1 aliphatic heterocycles. The summed E-state index contributed by atoms with van der Waals surface area (Å²) in [6.45, 7) is 5.70. The van der Waals surface area contributed by atoms with Gasteiger partial charge in [0.15, 0.2) is 0 Å². The number of carbonyl (C=O) groups is 1. The maximum atomic E-state index is 13.5. The number of nitrogens with one attached hydrogen (secondary N) is 2. The molecule has 2 unspecified atom stereocenters. The van der Waals surface area contributed by atoms with Crippen LogP contribution in [0.2, 0.25) is 0 Å². The van der Waals surface area contributed by atoms with Crippen LogP contribution in [0, 0.1) is 18.7 Å². The topological polar surface area (TPSA) is 41.1 Å². The molecule has 1 aliphatic rings. The van der Waals surface area contributed by atoms with Crippen molar-refractivity contribution in [3.05, 3.63) is 35.1 Å². The summed E-state index contributed by atoms with van der Waals surface area (Å²) in [6.07, 6.45) is 2.63. The predicted octanol–water partition coefficient (Wildman–Crippen LogP) is 3.12. The Morgan fingerprint density at radius 2 is 2.29 bits per heavy atom. The summed E-state index contributed by atoms with van der Waals surface area (Å²) in [5, 5.41) is 6.24. The molecule has 0 bridgehead atoms. The van der Waals surface area contributed by atoms with Gasteiger partial charge in [-0.05, 0) is 62.9 Å². The summed E-state index contributed by atoms with van der Waals surface area (Å²) >= 11 is 0. The van der Waals surface area contributed by atoms with Crippen molar-refractivity contribution in [2.45, 2.75) is 39.2 Å². The van der Waals surface area contributed by atoms with Gasteiger partial charge < -0.3 is 10.6 Å². The predicted molar refractivity (Wildman–Crippen MR) is 85.2 cm³/mol. The lowest BCUT2D eigenvalue weighted by Gasteiger charge is -2.16. The molecule has 0 radical (unpaired) electrons. The Bertz CT molecular complexity index is 475. The Morgan fingerprint density at radius 3 is 2.90 bits per heavy atom. The van der Waals surface area contributed by atoms with Crippen molar-refractivity contribution in [1.29, 1.82) is 0 Å². The van der Waals surface area contributed by atoms with Crippen LogP contribution in [0.3, 0.4) is 0 Å². The molecule has 118 valence electrons. The van der Waals surface area contributed by atoms with E-state index in [4.69, 9.17) is 0 Å². The van der Waals surface area contributed by atoms with E-state index in [1.807, 2.05) is 13.0 Å². The van der Waals surface area contributed by atoms with Crippen molar-refractivity contribution in [1.82, 2.24) is 10.6 Å². The lowest BCUT2D eigenvalue weighted by atomic mass is 10.0. The van der Waals surface area contributed by atoms with Crippen LogP contribution in [-0.4, -0.2) is 19.0 Å². The number of rotatable bonds is 5. The zero-order valence-electron chi connectivity index (χ0n) is 12.6. The van der Waals surface area contributed by atoms with Gasteiger partial charge in [-0.1, -0.05) is 12.1 Å². The van der Waals surface area contributed by atoms with Crippen molar-refractivity contribution in [3.8, 4) is 0 Å². The standard InChI is InChI=1S/C16H23FN2O.ClH/c1-11-3-5-14(9-15(11)17)12(2)19-16(20)6-4-13-7-8-18-10-13;/h3,5,9,12-13,18H,4,6-8,10H2,1-2H3,(H,19,20);1H. The van der Waals surface area contributed by atoms with Gasteiger partial charge >= 0.3 is 0 Å². The van der Waals surface area contributed by atoms with Crippen LogP contribution in [0.4, 0.5) is 4.39 Å². The molecule has 1 heterocycles. The van der Waals surface area contributed by atoms with Crippen molar-refractivity contribution >= 4 is 18.3 Å². The van der Waals surface area contributed by atoms with Crippen LogP contribution < -0.4 is 10.6 Å². The largest absolute Gasteiger partial charge is 0.350 e. The van der Waals surface area contributed by atoms with E-state index < -0.39 is 0 Å².